The van der Waals surface area contributed by atoms with Gasteiger partial charge in [-0.3, -0.25) is 14.9 Å². The van der Waals surface area contributed by atoms with Gasteiger partial charge in [0.15, 0.2) is 10.9 Å². The van der Waals surface area contributed by atoms with Gasteiger partial charge >= 0.3 is 0 Å². The quantitative estimate of drug-likeness (QED) is 0.141. The topological polar surface area (TPSA) is 96.5 Å². The minimum Gasteiger partial charge on any atom is -0.457 e. The number of anilines is 2. The lowest BCUT2D eigenvalue weighted by Crippen LogP contribution is -2.32. The highest BCUT2D eigenvalue weighted by molar-refractivity contribution is 7.80. The second-order valence-electron chi connectivity index (χ2n) is 8.32. The van der Waals surface area contributed by atoms with Gasteiger partial charge in [0.05, 0.1) is 0 Å². The summed E-state index contributed by atoms with van der Waals surface area (Å²) in [4.78, 5) is 25.0. The van der Waals surface area contributed by atoms with Gasteiger partial charge in [-0.05, 0) is 79.0 Å². The van der Waals surface area contributed by atoms with Crippen molar-refractivity contribution >= 4 is 80.8 Å². The number of nitrogens with one attached hydrogen (secondary N) is 3. The molecule has 7 nitrogen and oxygen atoms in total. The van der Waals surface area contributed by atoms with Gasteiger partial charge in [-0.15, -0.1) is 0 Å². The molecule has 0 aliphatic rings. The molecular weight excluding hydrogens is 557 g/mol. The number of hydrogen-bond acceptors (Lipinski definition) is 5. The van der Waals surface area contributed by atoms with Crippen LogP contribution in [0.3, 0.4) is 0 Å². The standard InChI is InChI=1S/C29H19Cl2N3O4S/c30-19-12-18(13-20(31)15-19)25-10-8-23(37-25)9-11-27(35)34-29(39)33-22-6-3-5-21(16-22)32-28(36)26-14-17-4-1-2-7-24(17)38-26/h1-16H,(H,32,36)(H2,33,34,35,39)/b11-9+. The number of benzene rings is 3. The lowest BCUT2D eigenvalue weighted by molar-refractivity contribution is -0.115. The van der Waals surface area contributed by atoms with Gasteiger partial charge in [-0.1, -0.05) is 47.5 Å². The van der Waals surface area contributed by atoms with E-state index in [0.717, 1.165) is 10.9 Å². The summed E-state index contributed by atoms with van der Waals surface area (Å²) in [6.07, 6.45) is 2.81. The van der Waals surface area contributed by atoms with Crippen LogP contribution in [0.15, 0.2) is 99.8 Å². The number of rotatable bonds is 6. The molecule has 0 bridgehead atoms. The van der Waals surface area contributed by atoms with Crippen LogP contribution in [-0.4, -0.2) is 16.9 Å². The molecule has 0 fully saturated rings. The smallest absolute Gasteiger partial charge is 0.291 e. The van der Waals surface area contributed by atoms with E-state index in [-0.39, 0.29) is 16.8 Å². The Balaban J connectivity index is 1.16. The van der Waals surface area contributed by atoms with Crippen LogP contribution in [0.1, 0.15) is 16.3 Å². The molecule has 0 saturated carbocycles. The molecule has 39 heavy (non-hydrogen) atoms. The minimum atomic E-state index is -0.453. The Hall–Kier alpha value is -4.37. The third-order valence-corrected chi connectivity index (χ3v) is 6.08. The van der Waals surface area contributed by atoms with E-state index in [1.807, 2.05) is 18.2 Å². The average molecular weight is 576 g/mol. The number of halogens is 2. The van der Waals surface area contributed by atoms with Crippen molar-refractivity contribution in [2.75, 3.05) is 10.6 Å². The predicted octanol–water partition coefficient (Wildman–Crippen LogP) is 7.78. The van der Waals surface area contributed by atoms with Crippen LogP contribution in [0, 0.1) is 0 Å². The summed E-state index contributed by atoms with van der Waals surface area (Å²) in [5.41, 5.74) is 2.45. The first kappa shape index (κ1) is 26.2. The fourth-order valence-electron chi connectivity index (χ4n) is 3.73. The molecule has 0 spiro atoms. The normalized spacial score (nSPS) is 11.0. The van der Waals surface area contributed by atoms with Crippen LogP contribution in [0.2, 0.25) is 10.0 Å². The van der Waals surface area contributed by atoms with Crippen molar-refractivity contribution in [1.82, 2.24) is 5.32 Å². The summed E-state index contributed by atoms with van der Waals surface area (Å²) in [7, 11) is 0. The highest BCUT2D eigenvalue weighted by Crippen LogP contribution is 2.29. The number of carbonyl (C=O) groups excluding carboxylic acids is 2. The zero-order chi connectivity index (χ0) is 27.4. The molecule has 0 unspecified atom stereocenters. The number of thiocarbonyl (C=S) groups is 1. The van der Waals surface area contributed by atoms with Crippen molar-refractivity contribution in [3.8, 4) is 11.3 Å². The van der Waals surface area contributed by atoms with E-state index in [2.05, 4.69) is 16.0 Å². The summed E-state index contributed by atoms with van der Waals surface area (Å²) in [6, 6.07) is 24.5. The van der Waals surface area contributed by atoms with E-state index < -0.39 is 5.91 Å². The van der Waals surface area contributed by atoms with E-state index >= 15 is 0 Å². The number of fused-ring (bicyclic) bond motifs is 1. The van der Waals surface area contributed by atoms with Gasteiger partial charge < -0.3 is 19.5 Å². The predicted molar refractivity (Wildman–Crippen MR) is 158 cm³/mol. The summed E-state index contributed by atoms with van der Waals surface area (Å²) in [6.45, 7) is 0. The molecule has 0 atom stereocenters. The molecule has 3 N–H and O–H groups in total. The first-order valence-corrected chi connectivity index (χ1v) is 12.8. The fourth-order valence-corrected chi connectivity index (χ4v) is 4.47. The maximum atomic E-state index is 12.6. The van der Waals surface area contributed by atoms with Crippen molar-refractivity contribution < 1.29 is 18.4 Å². The first-order valence-electron chi connectivity index (χ1n) is 11.6. The fraction of sp³-hybridized carbons (Fsp3) is 0. The lowest BCUT2D eigenvalue weighted by Gasteiger charge is -2.10. The average Bonchev–Trinajstić information content (AvgIpc) is 3.55. The largest absolute Gasteiger partial charge is 0.457 e. The van der Waals surface area contributed by atoms with Crippen LogP contribution >= 0.6 is 35.4 Å². The number of furan rings is 2. The van der Waals surface area contributed by atoms with Gasteiger partial charge in [0.2, 0.25) is 5.91 Å². The molecule has 2 aromatic heterocycles. The number of para-hydroxylation sites is 1. The third kappa shape index (κ3) is 6.74. The van der Waals surface area contributed by atoms with E-state index in [4.69, 9.17) is 44.3 Å². The van der Waals surface area contributed by atoms with Gasteiger partial charge in [0.1, 0.15) is 17.1 Å². The highest BCUT2D eigenvalue weighted by atomic mass is 35.5. The number of carbonyl (C=O) groups is 2. The maximum Gasteiger partial charge on any atom is 0.291 e. The molecule has 10 heteroatoms. The Morgan fingerprint density at radius 2 is 1.54 bits per heavy atom. The van der Waals surface area contributed by atoms with E-state index in [0.29, 0.717) is 38.5 Å². The van der Waals surface area contributed by atoms with Gasteiger partial charge in [-0.25, -0.2) is 0 Å². The lowest BCUT2D eigenvalue weighted by atomic mass is 10.2. The van der Waals surface area contributed by atoms with E-state index in [1.165, 1.54) is 12.2 Å². The Bertz CT molecular complexity index is 1690. The molecule has 0 radical (unpaired) electrons. The first-order chi connectivity index (χ1) is 18.8. The van der Waals surface area contributed by atoms with Gasteiger partial charge in [-0.2, -0.15) is 0 Å². The Morgan fingerprint density at radius 3 is 2.31 bits per heavy atom. The molecule has 3 aromatic carbocycles. The van der Waals surface area contributed by atoms with Crippen molar-refractivity contribution in [2.24, 2.45) is 0 Å². The van der Waals surface area contributed by atoms with Crippen LogP contribution in [0.4, 0.5) is 11.4 Å². The number of amides is 2. The molecule has 194 valence electrons. The molecule has 2 heterocycles. The SMILES string of the molecule is O=C(/C=C/c1ccc(-c2cc(Cl)cc(Cl)c2)o1)NC(=S)Nc1cccc(NC(=O)c2cc3ccccc3o2)c1. The third-order valence-electron chi connectivity index (χ3n) is 5.44. The molecule has 2 amide bonds. The second-order valence-corrected chi connectivity index (χ2v) is 9.60. The molecule has 5 rings (SSSR count). The summed E-state index contributed by atoms with van der Waals surface area (Å²) in [5, 5.41) is 10.2. The summed E-state index contributed by atoms with van der Waals surface area (Å²) < 4.78 is 11.4. The van der Waals surface area contributed by atoms with Gasteiger partial charge in [0, 0.05) is 38.4 Å². The van der Waals surface area contributed by atoms with E-state index in [1.54, 1.807) is 66.7 Å². The van der Waals surface area contributed by atoms with Crippen LogP contribution in [0.5, 0.6) is 0 Å². The van der Waals surface area contributed by atoms with Crippen molar-refractivity contribution in [3.63, 3.8) is 0 Å². The number of hydrogen-bond donors (Lipinski definition) is 3. The Morgan fingerprint density at radius 1 is 0.795 bits per heavy atom. The van der Waals surface area contributed by atoms with Crippen LogP contribution in [-0.2, 0) is 4.79 Å². The van der Waals surface area contributed by atoms with Crippen molar-refractivity contribution in [1.29, 1.82) is 0 Å². The zero-order valence-electron chi connectivity index (χ0n) is 20.0. The van der Waals surface area contributed by atoms with Gasteiger partial charge in [0.25, 0.3) is 5.91 Å². The van der Waals surface area contributed by atoms with Crippen LogP contribution < -0.4 is 16.0 Å². The zero-order valence-corrected chi connectivity index (χ0v) is 22.4. The second kappa shape index (κ2) is 11.6. The molecule has 0 aliphatic heterocycles. The summed E-state index contributed by atoms with van der Waals surface area (Å²) in [5.74, 6) is 0.380. The molecule has 0 aliphatic carbocycles. The Kier molecular flexibility index (Phi) is 7.79. The van der Waals surface area contributed by atoms with Crippen molar-refractivity contribution in [3.05, 3.63) is 113 Å². The maximum absolute atomic E-state index is 12.6. The minimum absolute atomic E-state index is 0.0825. The molecular formula is C29H19Cl2N3O4S. The summed E-state index contributed by atoms with van der Waals surface area (Å²) >= 11 is 17.4. The van der Waals surface area contributed by atoms with E-state index in [9.17, 15) is 9.59 Å². The highest BCUT2D eigenvalue weighted by Gasteiger charge is 2.13. The molecule has 5 aromatic rings. The monoisotopic (exact) mass is 575 g/mol. The van der Waals surface area contributed by atoms with Crippen LogP contribution in [0.25, 0.3) is 28.4 Å². The van der Waals surface area contributed by atoms with Crippen molar-refractivity contribution in [2.45, 2.75) is 0 Å². The molecule has 0 saturated heterocycles. The Labute approximate surface area is 238 Å².